The first-order valence-electron chi connectivity index (χ1n) is 8.84. The van der Waals surface area contributed by atoms with E-state index >= 15 is 0 Å². The molecule has 0 aromatic heterocycles. The highest BCUT2D eigenvalue weighted by Gasteiger charge is 2.51. The average molecular weight is 316 g/mol. The summed E-state index contributed by atoms with van der Waals surface area (Å²) in [6.07, 6.45) is 7.30. The van der Waals surface area contributed by atoms with Crippen LogP contribution >= 0.6 is 0 Å². The van der Waals surface area contributed by atoms with Crippen LogP contribution in [-0.2, 0) is 29.7 Å². The fourth-order valence-corrected chi connectivity index (χ4v) is 4.59. The highest BCUT2D eigenvalue weighted by atomic mass is 16.5. The first kappa shape index (κ1) is 14.0. The van der Waals surface area contributed by atoms with E-state index in [1.165, 1.54) is 29.5 Å². The Kier molecular flexibility index (Phi) is 2.82. The highest BCUT2D eigenvalue weighted by Crippen LogP contribution is 2.49. The third kappa shape index (κ3) is 1.74. The Balaban J connectivity index is 1.70. The number of rotatable bonds is 0. The molecule has 3 aliphatic rings. The van der Waals surface area contributed by atoms with Gasteiger partial charge in [-0.15, -0.1) is 0 Å². The Morgan fingerprint density at radius 1 is 1.00 bits per heavy atom. The van der Waals surface area contributed by atoms with Gasteiger partial charge in [0.1, 0.15) is 5.75 Å². The number of aryl methyl sites for hydroxylation is 1. The standard InChI is InChI=1S/C22H20O2/c1-14-12-16-7-3-5-9-19(16)22(21(14)23)13-17-11-10-15-6-2-4-8-18(15)20(17)24-22/h3,5,7,9-12H,2,4,6,8,13H2,1H3. The lowest BCUT2D eigenvalue weighted by atomic mass is 9.76. The van der Waals surface area contributed by atoms with E-state index in [-0.39, 0.29) is 5.78 Å². The first-order valence-corrected chi connectivity index (χ1v) is 8.84. The molecule has 0 saturated carbocycles. The van der Waals surface area contributed by atoms with Gasteiger partial charge in [0.2, 0.25) is 11.4 Å². The van der Waals surface area contributed by atoms with Crippen LogP contribution in [-0.4, -0.2) is 5.78 Å². The minimum absolute atomic E-state index is 0.113. The molecule has 0 saturated heterocycles. The summed E-state index contributed by atoms with van der Waals surface area (Å²) in [6, 6.07) is 12.6. The molecule has 2 aliphatic carbocycles. The van der Waals surface area contributed by atoms with Crippen molar-refractivity contribution in [2.75, 3.05) is 0 Å². The lowest BCUT2D eigenvalue weighted by Gasteiger charge is -2.33. The van der Waals surface area contributed by atoms with Gasteiger partial charge in [-0.25, -0.2) is 0 Å². The van der Waals surface area contributed by atoms with Crippen molar-refractivity contribution in [3.63, 3.8) is 0 Å². The summed E-state index contributed by atoms with van der Waals surface area (Å²) in [5.41, 5.74) is 5.99. The highest BCUT2D eigenvalue weighted by molar-refractivity contribution is 6.09. The van der Waals surface area contributed by atoms with Crippen LogP contribution in [0.25, 0.3) is 6.08 Å². The van der Waals surface area contributed by atoms with Crippen LogP contribution in [0.15, 0.2) is 42.0 Å². The molecule has 1 unspecified atom stereocenters. The van der Waals surface area contributed by atoms with Crippen LogP contribution in [0.2, 0.25) is 0 Å². The molecule has 1 heterocycles. The summed E-state index contributed by atoms with van der Waals surface area (Å²) in [6.45, 7) is 1.90. The van der Waals surface area contributed by atoms with Gasteiger partial charge in [-0.1, -0.05) is 36.4 Å². The molecule has 120 valence electrons. The summed E-state index contributed by atoms with van der Waals surface area (Å²) < 4.78 is 6.55. The van der Waals surface area contributed by atoms with E-state index in [9.17, 15) is 4.79 Å². The largest absolute Gasteiger partial charge is 0.473 e. The molecule has 2 heteroatoms. The second-order valence-electron chi connectivity index (χ2n) is 7.25. The first-order chi connectivity index (χ1) is 11.7. The Hall–Kier alpha value is -2.35. The van der Waals surface area contributed by atoms with E-state index in [1.807, 2.05) is 25.1 Å². The zero-order chi connectivity index (χ0) is 16.3. The molecular weight excluding hydrogens is 296 g/mol. The second kappa shape index (κ2) is 4.83. The third-order valence-corrected chi connectivity index (χ3v) is 5.77. The molecule has 24 heavy (non-hydrogen) atoms. The average Bonchev–Trinajstić information content (AvgIpc) is 3.01. The number of benzene rings is 2. The van der Waals surface area contributed by atoms with Crippen molar-refractivity contribution >= 4 is 11.9 Å². The van der Waals surface area contributed by atoms with Gasteiger partial charge < -0.3 is 4.74 Å². The summed E-state index contributed by atoms with van der Waals surface area (Å²) in [5, 5.41) is 0. The topological polar surface area (TPSA) is 26.3 Å². The van der Waals surface area contributed by atoms with Crippen LogP contribution in [0.1, 0.15) is 47.6 Å². The molecule has 0 fully saturated rings. The minimum Gasteiger partial charge on any atom is -0.473 e. The quantitative estimate of drug-likeness (QED) is 0.721. The molecule has 2 aromatic carbocycles. The molecule has 2 aromatic rings. The normalized spacial score (nSPS) is 24.0. The van der Waals surface area contributed by atoms with Gasteiger partial charge in [0.05, 0.1) is 0 Å². The number of fused-ring (bicyclic) bond motifs is 5. The van der Waals surface area contributed by atoms with Crippen LogP contribution < -0.4 is 4.74 Å². The molecule has 1 atom stereocenters. The summed E-state index contributed by atoms with van der Waals surface area (Å²) in [5.74, 6) is 1.10. The van der Waals surface area contributed by atoms with Crippen LogP contribution in [0.5, 0.6) is 5.75 Å². The molecular formula is C22H20O2. The summed E-state index contributed by atoms with van der Waals surface area (Å²) in [4.78, 5) is 13.2. The van der Waals surface area contributed by atoms with Crippen molar-refractivity contribution in [3.8, 4) is 5.75 Å². The van der Waals surface area contributed by atoms with Gasteiger partial charge in [0.25, 0.3) is 0 Å². The van der Waals surface area contributed by atoms with Crippen molar-refractivity contribution in [1.29, 1.82) is 0 Å². The minimum atomic E-state index is -0.857. The lowest BCUT2D eigenvalue weighted by Crippen LogP contribution is -2.43. The molecule has 0 N–H and O–H groups in total. The summed E-state index contributed by atoms with van der Waals surface area (Å²) >= 11 is 0. The predicted molar refractivity (Wildman–Crippen MR) is 94.2 cm³/mol. The number of hydrogen-bond donors (Lipinski definition) is 0. The number of ketones is 1. The molecule has 0 radical (unpaired) electrons. The van der Waals surface area contributed by atoms with Crippen LogP contribution in [0.3, 0.4) is 0 Å². The molecule has 0 bridgehead atoms. The van der Waals surface area contributed by atoms with E-state index in [4.69, 9.17) is 4.74 Å². The smallest absolute Gasteiger partial charge is 0.207 e. The Labute approximate surface area is 142 Å². The Morgan fingerprint density at radius 2 is 1.79 bits per heavy atom. The zero-order valence-electron chi connectivity index (χ0n) is 13.9. The molecule has 1 spiro atoms. The van der Waals surface area contributed by atoms with E-state index in [2.05, 4.69) is 24.3 Å². The van der Waals surface area contributed by atoms with Crippen molar-refractivity contribution in [2.24, 2.45) is 0 Å². The van der Waals surface area contributed by atoms with Crippen molar-refractivity contribution < 1.29 is 9.53 Å². The maximum atomic E-state index is 13.2. The van der Waals surface area contributed by atoms with Gasteiger partial charge >= 0.3 is 0 Å². The lowest BCUT2D eigenvalue weighted by molar-refractivity contribution is -0.130. The van der Waals surface area contributed by atoms with E-state index in [0.717, 1.165) is 35.3 Å². The number of carbonyl (C=O) groups excluding carboxylic acids is 1. The second-order valence-corrected chi connectivity index (χ2v) is 7.25. The van der Waals surface area contributed by atoms with Gasteiger partial charge in [0, 0.05) is 12.0 Å². The summed E-state index contributed by atoms with van der Waals surface area (Å²) in [7, 11) is 0. The number of hydrogen-bond acceptors (Lipinski definition) is 2. The van der Waals surface area contributed by atoms with Gasteiger partial charge in [-0.05, 0) is 66.5 Å². The molecule has 1 aliphatic heterocycles. The predicted octanol–water partition coefficient (Wildman–Crippen LogP) is 4.38. The van der Waals surface area contributed by atoms with Gasteiger partial charge in [-0.2, -0.15) is 0 Å². The number of Topliss-reactive ketones (excluding diaryl/α,β-unsaturated/α-hetero) is 1. The molecule has 0 amide bonds. The fourth-order valence-electron chi connectivity index (χ4n) is 4.59. The van der Waals surface area contributed by atoms with E-state index in [1.54, 1.807) is 0 Å². The third-order valence-electron chi connectivity index (χ3n) is 5.77. The Bertz CT molecular complexity index is 906. The number of carbonyl (C=O) groups is 1. The van der Waals surface area contributed by atoms with Crippen molar-refractivity contribution in [2.45, 2.75) is 44.6 Å². The SMILES string of the molecule is CC1=Cc2ccccc2C2(Cc3ccc4c(c3O2)CCCC4)C1=O. The molecule has 5 rings (SSSR count). The monoisotopic (exact) mass is 316 g/mol. The maximum absolute atomic E-state index is 13.2. The fraction of sp³-hybridized carbons (Fsp3) is 0.318. The van der Waals surface area contributed by atoms with Gasteiger partial charge in [0.15, 0.2) is 0 Å². The van der Waals surface area contributed by atoms with Crippen LogP contribution in [0.4, 0.5) is 0 Å². The van der Waals surface area contributed by atoms with Crippen molar-refractivity contribution in [3.05, 3.63) is 69.8 Å². The van der Waals surface area contributed by atoms with E-state index in [0.29, 0.717) is 6.42 Å². The maximum Gasteiger partial charge on any atom is 0.207 e. The Morgan fingerprint density at radius 3 is 2.71 bits per heavy atom. The molecule has 2 nitrogen and oxygen atoms in total. The van der Waals surface area contributed by atoms with E-state index < -0.39 is 5.60 Å². The number of ether oxygens (including phenoxy) is 1. The van der Waals surface area contributed by atoms with Gasteiger partial charge in [-0.3, -0.25) is 4.79 Å². The van der Waals surface area contributed by atoms with Crippen LogP contribution in [0, 0.1) is 0 Å². The zero-order valence-corrected chi connectivity index (χ0v) is 13.9. The van der Waals surface area contributed by atoms with Crippen molar-refractivity contribution in [1.82, 2.24) is 0 Å².